The Morgan fingerprint density at radius 2 is 1.89 bits per heavy atom. The molecule has 2 rings (SSSR count). The van der Waals surface area contributed by atoms with Crippen LogP contribution in [0.4, 0.5) is 0 Å². The lowest BCUT2D eigenvalue weighted by Crippen LogP contribution is -1.99. The summed E-state index contributed by atoms with van der Waals surface area (Å²) >= 11 is 3.39. The zero-order valence-corrected chi connectivity index (χ0v) is 12.4. The lowest BCUT2D eigenvalue weighted by atomic mass is 10.00. The highest BCUT2D eigenvalue weighted by atomic mass is 79.9. The molecule has 1 aromatic carbocycles. The van der Waals surface area contributed by atoms with Gasteiger partial charge in [-0.3, -0.25) is 0 Å². The average Bonchev–Trinajstić information content (AvgIpc) is 2.40. The van der Waals surface area contributed by atoms with Gasteiger partial charge in [0.15, 0.2) is 0 Å². The van der Waals surface area contributed by atoms with Crippen LogP contribution in [0.5, 0.6) is 0 Å². The predicted molar refractivity (Wildman–Crippen MR) is 77.2 cm³/mol. The van der Waals surface area contributed by atoms with Gasteiger partial charge >= 0.3 is 0 Å². The summed E-state index contributed by atoms with van der Waals surface area (Å²) in [4.78, 5) is 0.332. The van der Waals surface area contributed by atoms with E-state index in [-0.39, 0.29) is 0 Å². The Morgan fingerprint density at radius 3 is 2.50 bits per heavy atom. The molecule has 1 aliphatic rings. The van der Waals surface area contributed by atoms with Crippen molar-refractivity contribution < 1.29 is 8.42 Å². The molecule has 0 aromatic heterocycles. The molecule has 4 heteroatoms. The highest BCUT2D eigenvalue weighted by Crippen LogP contribution is 2.29. The summed E-state index contributed by atoms with van der Waals surface area (Å²) in [6.07, 6.45) is 6.41. The molecule has 96 valence electrons. The second kappa shape index (κ2) is 5.85. The molecule has 0 heterocycles. The minimum absolute atomic E-state index is 0.332. The molecule has 0 unspecified atom stereocenters. The van der Waals surface area contributed by atoms with Gasteiger partial charge in [0.25, 0.3) is 0 Å². The summed E-state index contributed by atoms with van der Waals surface area (Å²) in [7, 11) is -3.36. The molecule has 1 aromatic rings. The Balaban J connectivity index is 2.29. The number of allylic oxidation sites excluding steroid dienone is 3. The van der Waals surface area contributed by atoms with Gasteiger partial charge < -0.3 is 0 Å². The summed E-state index contributed by atoms with van der Waals surface area (Å²) in [5, 5.41) is 1.32. The molecule has 2 nitrogen and oxygen atoms in total. The minimum atomic E-state index is -3.36. The summed E-state index contributed by atoms with van der Waals surface area (Å²) in [6.45, 7) is 0. The second-order valence-corrected chi connectivity index (χ2v) is 6.95. The summed E-state index contributed by atoms with van der Waals surface area (Å²) in [6, 6.07) is 8.49. The maximum atomic E-state index is 12.2. The number of hydrogen-bond acceptors (Lipinski definition) is 2. The Kier molecular flexibility index (Phi) is 4.40. The van der Waals surface area contributed by atoms with Crippen LogP contribution in [-0.4, -0.2) is 8.42 Å². The van der Waals surface area contributed by atoms with E-state index in [1.54, 1.807) is 30.3 Å². The monoisotopic (exact) mass is 326 g/mol. The lowest BCUT2D eigenvalue weighted by molar-refractivity contribution is 0.604. The van der Waals surface area contributed by atoms with Gasteiger partial charge in [-0.1, -0.05) is 24.3 Å². The van der Waals surface area contributed by atoms with Crippen molar-refractivity contribution in [2.45, 2.75) is 30.6 Å². The first-order valence-corrected chi connectivity index (χ1v) is 8.30. The summed E-state index contributed by atoms with van der Waals surface area (Å²) < 4.78 is 25.0. The van der Waals surface area contributed by atoms with Gasteiger partial charge in [0.1, 0.15) is 0 Å². The molecule has 0 fully saturated rings. The smallest absolute Gasteiger partial charge is 0.200 e. The van der Waals surface area contributed by atoms with Crippen molar-refractivity contribution in [2.75, 3.05) is 0 Å². The largest absolute Gasteiger partial charge is 0.219 e. The Morgan fingerprint density at radius 1 is 1.17 bits per heavy atom. The van der Waals surface area contributed by atoms with Crippen molar-refractivity contribution in [1.29, 1.82) is 0 Å². The molecule has 18 heavy (non-hydrogen) atoms. The first-order chi connectivity index (χ1) is 8.59. The highest BCUT2D eigenvalue weighted by molar-refractivity contribution is 9.12. The van der Waals surface area contributed by atoms with Crippen LogP contribution < -0.4 is 0 Å². The van der Waals surface area contributed by atoms with E-state index in [9.17, 15) is 8.42 Å². The van der Waals surface area contributed by atoms with Crippen molar-refractivity contribution >= 4 is 25.8 Å². The zero-order chi connectivity index (χ0) is 13.0. The number of rotatable bonds is 3. The Hall–Kier alpha value is -0.870. The fourth-order valence-electron chi connectivity index (χ4n) is 1.95. The molecular formula is C14H15BrO2S. The zero-order valence-electron chi connectivity index (χ0n) is 9.97. The third-order valence-electron chi connectivity index (χ3n) is 2.93. The topological polar surface area (TPSA) is 34.1 Å². The van der Waals surface area contributed by atoms with Crippen molar-refractivity contribution in [3.8, 4) is 0 Å². The van der Waals surface area contributed by atoms with Gasteiger partial charge in [-0.15, -0.1) is 0 Å². The Labute approximate surface area is 116 Å². The van der Waals surface area contributed by atoms with Crippen molar-refractivity contribution in [3.63, 3.8) is 0 Å². The van der Waals surface area contributed by atoms with E-state index >= 15 is 0 Å². The molecule has 0 bridgehead atoms. The van der Waals surface area contributed by atoms with E-state index < -0.39 is 9.84 Å². The van der Waals surface area contributed by atoms with Crippen LogP contribution in [0.2, 0.25) is 0 Å². The van der Waals surface area contributed by atoms with E-state index in [0.29, 0.717) is 9.38 Å². The quantitative estimate of drug-likeness (QED) is 0.834. The first-order valence-electron chi connectivity index (χ1n) is 5.96. The van der Waals surface area contributed by atoms with Gasteiger partial charge in [-0.05, 0) is 59.3 Å². The van der Waals surface area contributed by atoms with E-state index in [1.165, 1.54) is 11.8 Å². The third-order valence-corrected chi connectivity index (χ3v) is 5.44. The Bertz CT molecular complexity index is 571. The minimum Gasteiger partial charge on any atom is -0.219 e. The number of halogens is 1. The molecule has 0 spiro atoms. The van der Waals surface area contributed by atoms with Gasteiger partial charge in [0, 0.05) is 9.89 Å². The molecule has 0 amide bonds. The standard InChI is InChI=1S/C14H15BrO2S/c15-14(12-7-3-1-4-8-12)11-18(16,17)13-9-5-2-6-10-13/h2,5-7,9-11H,1,3-4,8H2/b14-11+. The fourth-order valence-corrected chi connectivity index (χ4v) is 4.14. The summed E-state index contributed by atoms with van der Waals surface area (Å²) in [5.41, 5.74) is 1.10. The molecule has 0 radical (unpaired) electrons. The van der Waals surface area contributed by atoms with Crippen LogP contribution in [0.15, 0.2) is 56.8 Å². The van der Waals surface area contributed by atoms with E-state index in [2.05, 4.69) is 22.0 Å². The van der Waals surface area contributed by atoms with Crippen molar-refractivity contribution in [1.82, 2.24) is 0 Å². The van der Waals surface area contributed by atoms with E-state index in [0.717, 1.165) is 24.8 Å². The molecule has 0 aliphatic heterocycles. The maximum absolute atomic E-state index is 12.2. The number of sulfone groups is 1. The normalized spacial score (nSPS) is 17.4. The van der Waals surface area contributed by atoms with Crippen LogP contribution in [0, 0.1) is 0 Å². The van der Waals surface area contributed by atoms with Gasteiger partial charge in [0.2, 0.25) is 9.84 Å². The summed E-state index contributed by atoms with van der Waals surface area (Å²) in [5.74, 6) is 0. The maximum Gasteiger partial charge on any atom is 0.200 e. The molecule has 0 atom stereocenters. The number of hydrogen-bond donors (Lipinski definition) is 0. The van der Waals surface area contributed by atoms with Crippen molar-refractivity contribution in [2.24, 2.45) is 0 Å². The van der Waals surface area contributed by atoms with Gasteiger partial charge in [-0.25, -0.2) is 8.42 Å². The van der Waals surface area contributed by atoms with E-state index in [4.69, 9.17) is 0 Å². The first kappa shape index (κ1) is 13.6. The average molecular weight is 327 g/mol. The molecule has 1 aliphatic carbocycles. The van der Waals surface area contributed by atoms with Gasteiger partial charge in [0.05, 0.1) is 4.90 Å². The highest BCUT2D eigenvalue weighted by Gasteiger charge is 2.14. The molecule has 0 saturated carbocycles. The predicted octanol–water partition coefficient (Wildman–Crippen LogP) is 4.20. The van der Waals surface area contributed by atoms with Crippen LogP contribution in [0.25, 0.3) is 0 Å². The van der Waals surface area contributed by atoms with Crippen LogP contribution >= 0.6 is 15.9 Å². The second-order valence-electron chi connectivity index (χ2n) is 4.30. The van der Waals surface area contributed by atoms with Gasteiger partial charge in [-0.2, -0.15) is 0 Å². The lowest BCUT2D eigenvalue weighted by Gasteiger charge is -2.11. The van der Waals surface area contributed by atoms with Crippen LogP contribution in [0.3, 0.4) is 0 Å². The van der Waals surface area contributed by atoms with Crippen LogP contribution in [0.1, 0.15) is 25.7 Å². The molecule has 0 N–H and O–H groups in total. The molecular weight excluding hydrogens is 312 g/mol. The fraction of sp³-hybridized carbons (Fsp3) is 0.286. The van der Waals surface area contributed by atoms with Crippen LogP contribution in [-0.2, 0) is 9.84 Å². The third kappa shape index (κ3) is 3.33. The van der Waals surface area contributed by atoms with Crippen molar-refractivity contribution in [3.05, 3.63) is 51.9 Å². The molecule has 0 saturated heterocycles. The number of benzene rings is 1. The SMILES string of the molecule is O=S(=O)(/C=C(/Br)C1=CCCCC1)c1ccccc1. The van der Waals surface area contributed by atoms with E-state index in [1.807, 2.05) is 0 Å².